The molecule has 1 fully saturated rings. The van der Waals surface area contributed by atoms with E-state index in [4.69, 9.17) is 22.9 Å². The number of hydrogen-bond acceptors (Lipinski definition) is 16. The Labute approximate surface area is 467 Å². The van der Waals surface area contributed by atoms with E-state index in [-0.39, 0.29) is 63.6 Å². The summed E-state index contributed by atoms with van der Waals surface area (Å²) in [6.45, 7) is 8.29. The summed E-state index contributed by atoms with van der Waals surface area (Å²) in [5, 5.41) is 51.2. The molecular formula is C51H90N16O13. The molecular weight excluding hydrogens is 1040 g/mol. The van der Waals surface area contributed by atoms with E-state index in [1.165, 1.54) is 26.4 Å². The van der Waals surface area contributed by atoms with E-state index in [2.05, 4.69) is 57.5 Å². The lowest BCUT2D eigenvalue weighted by molar-refractivity contribution is -0.146. The van der Waals surface area contributed by atoms with Crippen molar-refractivity contribution in [3.63, 3.8) is 0 Å². The van der Waals surface area contributed by atoms with Gasteiger partial charge in [-0.2, -0.15) is 0 Å². The molecule has 0 spiro atoms. The van der Waals surface area contributed by atoms with Gasteiger partial charge in [0, 0.05) is 31.4 Å². The van der Waals surface area contributed by atoms with Crippen LogP contribution in [0.15, 0.2) is 17.5 Å². The lowest BCUT2D eigenvalue weighted by atomic mass is 9.84. The number of carboxylic acid groups (broad SMARTS) is 1. The lowest BCUT2D eigenvalue weighted by Crippen LogP contribution is -2.62. The average molecular weight is 1140 g/mol. The second-order valence-electron chi connectivity index (χ2n) is 20.5. The number of nitrogens with two attached hydrogens (primary N) is 4. The molecule has 1 aliphatic rings. The zero-order chi connectivity index (χ0) is 60.1. The highest BCUT2D eigenvalue weighted by atomic mass is 16.4. The first kappa shape index (κ1) is 69.1. The highest BCUT2D eigenvalue weighted by Gasteiger charge is 2.37. The maximum atomic E-state index is 14.3. The molecule has 9 amide bonds. The number of unbranched alkanes of at least 4 members (excludes halogenated alkanes) is 1. The van der Waals surface area contributed by atoms with Gasteiger partial charge in [-0.1, -0.05) is 65.7 Å². The Hall–Kier alpha value is -6.98. The number of aromatic amines is 1. The number of carboxylic acids is 1. The van der Waals surface area contributed by atoms with E-state index in [0.717, 1.165) is 43.9 Å². The van der Waals surface area contributed by atoms with E-state index in [9.17, 15) is 63.3 Å². The van der Waals surface area contributed by atoms with Crippen molar-refractivity contribution in [1.29, 1.82) is 0 Å². The summed E-state index contributed by atoms with van der Waals surface area (Å²) >= 11 is 0. The summed E-state index contributed by atoms with van der Waals surface area (Å²) in [7, 11) is 0. The molecule has 1 aromatic rings. The van der Waals surface area contributed by atoms with Gasteiger partial charge in [0.15, 0.2) is 5.96 Å². The fourth-order valence-corrected chi connectivity index (χ4v) is 8.75. The quantitative estimate of drug-likeness (QED) is 0.0172. The molecule has 0 aliphatic heterocycles. The minimum atomic E-state index is -1.81. The van der Waals surface area contributed by atoms with Gasteiger partial charge < -0.3 is 90.7 Å². The number of guanidine groups is 1. The first-order valence-corrected chi connectivity index (χ1v) is 27.6. The number of aliphatic hydroxyl groups excluding tert-OH is 2. The Morgan fingerprint density at radius 3 is 1.90 bits per heavy atom. The zero-order valence-corrected chi connectivity index (χ0v) is 47.1. The van der Waals surface area contributed by atoms with Crippen molar-refractivity contribution in [3.05, 3.63) is 18.2 Å². The first-order chi connectivity index (χ1) is 37.8. The van der Waals surface area contributed by atoms with Crippen LogP contribution in [-0.4, -0.2) is 189 Å². The number of hydrogen-bond donors (Lipinski definition) is 16. The van der Waals surface area contributed by atoms with E-state index < -0.39 is 139 Å². The van der Waals surface area contributed by atoms with Crippen LogP contribution in [-0.2, 0) is 54.4 Å². The Balaban J connectivity index is 2.27. The van der Waals surface area contributed by atoms with Crippen molar-refractivity contribution in [2.75, 3.05) is 32.7 Å². The molecule has 1 aliphatic carbocycles. The highest BCUT2D eigenvalue weighted by molar-refractivity contribution is 5.98. The molecule has 29 heteroatoms. The third-order valence-electron chi connectivity index (χ3n) is 13.7. The fourth-order valence-electron chi connectivity index (χ4n) is 8.75. The molecule has 1 aromatic heterocycles. The number of aliphatic hydroxyl groups is 2. The predicted molar refractivity (Wildman–Crippen MR) is 294 cm³/mol. The number of carbonyl (C=O) groups is 10. The van der Waals surface area contributed by atoms with E-state index in [0.29, 0.717) is 31.4 Å². The normalized spacial score (nSPS) is 16.6. The standard InChI is InChI=1S/C51H90N16O13/c1-7-9-21-67(26-39(71)72)50(80)40(28(3)8-2)64-45(75)35(18-13-19-52)61-38(70)25-58-48(78)41(30(5)68)66-49(79)42(31(6)69)65-47(77)37(23-33-24-56-27-59-33)63-46(76)36(22-32-15-11-10-12-16-32)62-43(73)29(4)60-44(74)34(53)17-14-20-57-51(54)55/h24,27-32,34-37,40-42,68-69H,7-23,25-26,52-53H2,1-6H3,(H,56,59)(H,58,78)(H,60,74)(H,61,70)(H,62,73)(H,63,76)(H,64,75)(H,65,77)(H,66,79)(H,71,72)(H4,54,55,57)/t28?,29-,30+,31+,34-,35-,36-,37-,40-,41-,42-/m0/s1. The lowest BCUT2D eigenvalue weighted by Gasteiger charge is -2.31. The molecule has 11 atom stereocenters. The van der Waals surface area contributed by atoms with Crippen LogP contribution in [0.2, 0.25) is 0 Å². The maximum Gasteiger partial charge on any atom is 0.323 e. The van der Waals surface area contributed by atoms with Crippen LogP contribution < -0.4 is 65.5 Å². The SMILES string of the molecule is CCCCN(CC(=O)O)C(=O)[C@@H](NC(=O)[C@H](CCCN)NC(=O)CNC(=O)[C@@H](NC(=O)[C@@H](NC(=O)[C@H](Cc1cnc[nH]1)NC(=O)[C@H](CC1CCCCC1)NC(=O)[C@H](C)NC(=O)[C@@H](N)CCCN=C(N)N)[C@@H](C)O)[C@@H](C)O)C(C)CC. The van der Waals surface area contributed by atoms with Gasteiger partial charge in [0.2, 0.25) is 53.2 Å². The number of carbonyl (C=O) groups excluding carboxylic acids is 9. The Morgan fingerprint density at radius 1 is 0.725 bits per heavy atom. The number of H-pyrrole nitrogens is 1. The first-order valence-electron chi connectivity index (χ1n) is 27.6. The third-order valence-corrected chi connectivity index (χ3v) is 13.7. The summed E-state index contributed by atoms with van der Waals surface area (Å²) in [6, 6.07) is -10.8. The van der Waals surface area contributed by atoms with Crippen molar-refractivity contribution < 1.29 is 63.3 Å². The minimum absolute atomic E-state index is 0.0167. The van der Waals surface area contributed by atoms with Crippen LogP contribution in [0.1, 0.15) is 131 Å². The van der Waals surface area contributed by atoms with Gasteiger partial charge in [-0.05, 0) is 77.7 Å². The van der Waals surface area contributed by atoms with Crippen molar-refractivity contribution in [2.24, 2.45) is 39.8 Å². The van der Waals surface area contributed by atoms with Gasteiger partial charge in [0.05, 0.1) is 31.1 Å². The Bertz CT molecular complexity index is 2190. The molecule has 20 N–H and O–H groups in total. The van der Waals surface area contributed by atoms with Crippen molar-refractivity contribution in [2.45, 2.75) is 192 Å². The Kier molecular flexibility index (Phi) is 31.4. The molecule has 1 heterocycles. The monoisotopic (exact) mass is 1130 g/mol. The third kappa shape index (κ3) is 25.0. The van der Waals surface area contributed by atoms with Crippen LogP contribution >= 0.6 is 0 Å². The van der Waals surface area contributed by atoms with Crippen molar-refractivity contribution in [1.82, 2.24) is 57.4 Å². The topological polar surface area (TPSA) is 476 Å². The van der Waals surface area contributed by atoms with E-state index in [1.807, 2.05) is 6.92 Å². The smallest absolute Gasteiger partial charge is 0.323 e. The van der Waals surface area contributed by atoms with Crippen LogP contribution in [0.25, 0.3) is 0 Å². The predicted octanol–water partition coefficient (Wildman–Crippen LogP) is -3.91. The maximum absolute atomic E-state index is 14.3. The molecule has 0 radical (unpaired) electrons. The zero-order valence-electron chi connectivity index (χ0n) is 47.1. The van der Waals surface area contributed by atoms with Crippen LogP contribution in [0, 0.1) is 11.8 Å². The number of imidazole rings is 1. The van der Waals surface area contributed by atoms with Gasteiger partial charge in [0.25, 0.3) is 0 Å². The number of aliphatic carboxylic acids is 1. The number of nitrogens with one attached hydrogen (secondary N) is 9. The average Bonchev–Trinajstić information content (AvgIpc) is 3.93. The molecule has 452 valence electrons. The molecule has 80 heavy (non-hydrogen) atoms. The molecule has 0 aromatic carbocycles. The molecule has 1 unspecified atom stereocenters. The number of amides is 9. The number of rotatable bonds is 37. The minimum Gasteiger partial charge on any atom is -0.480 e. The summed E-state index contributed by atoms with van der Waals surface area (Å²) < 4.78 is 0. The second-order valence-corrected chi connectivity index (χ2v) is 20.5. The van der Waals surface area contributed by atoms with Crippen molar-refractivity contribution >= 4 is 65.1 Å². The number of aromatic nitrogens is 2. The van der Waals surface area contributed by atoms with Gasteiger partial charge in [-0.15, -0.1) is 0 Å². The van der Waals surface area contributed by atoms with E-state index >= 15 is 0 Å². The highest BCUT2D eigenvalue weighted by Crippen LogP contribution is 2.27. The van der Waals surface area contributed by atoms with Crippen molar-refractivity contribution in [3.8, 4) is 0 Å². The second kappa shape index (κ2) is 36.3. The van der Waals surface area contributed by atoms with Gasteiger partial charge in [-0.3, -0.25) is 52.9 Å². The summed E-state index contributed by atoms with van der Waals surface area (Å²) in [5.74, 6) is -9.32. The molecule has 0 saturated heterocycles. The van der Waals surface area contributed by atoms with Gasteiger partial charge in [-0.25, -0.2) is 4.98 Å². The molecule has 1 saturated carbocycles. The largest absolute Gasteiger partial charge is 0.480 e. The van der Waals surface area contributed by atoms with Gasteiger partial charge >= 0.3 is 5.97 Å². The van der Waals surface area contributed by atoms with Crippen LogP contribution in [0.4, 0.5) is 0 Å². The number of aliphatic imine (C=N–C) groups is 1. The van der Waals surface area contributed by atoms with Gasteiger partial charge in [0.1, 0.15) is 48.8 Å². The molecule has 2 rings (SSSR count). The fraction of sp³-hybridized carbons (Fsp3) is 0.725. The molecule has 0 bridgehead atoms. The van der Waals surface area contributed by atoms with Crippen LogP contribution in [0.5, 0.6) is 0 Å². The molecule has 29 nitrogen and oxygen atoms in total. The van der Waals surface area contributed by atoms with Crippen LogP contribution in [0.3, 0.4) is 0 Å². The Morgan fingerprint density at radius 2 is 1.32 bits per heavy atom. The van der Waals surface area contributed by atoms with E-state index in [1.54, 1.807) is 13.8 Å². The number of nitrogens with zero attached hydrogens (tertiary/aromatic N) is 3. The summed E-state index contributed by atoms with van der Waals surface area (Å²) in [6.07, 6.45) is 6.30. The summed E-state index contributed by atoms with van der Waals surface area (Å²) in [5.41, 5.74) is 22.8. The summed E-state index contributed by atoms with van der Waals surface area (Å²) in [4.78, 5) is 147.